The molecule has 14 heavy (non-hydrogen) atoms. The minimum atomic E-state index is -0.825. The zero-order valence-electron chi connectivity index (χ0n) is 7.60. The summed E-state index contributed by atoms with van der Waals surface area (Å²) >= 11 is 1.25. The number of hydrogen-bond acceptors (Lipinski definition) is 6. The third-order valence-corrected chi connectivity index (χ3v) is 2.09. The lowest BCUT2D eigenvalue weighted by molar-refractivity contribution is -0.144. The van der Waals surface area contributed by atoms with E-state index in [0.717, 1.165) is 0 Å². The van der Waals surface area contributed by atoms with Crippen LogP contribution < -0.4 is 11.5 Å². The normalized spacial score (nSPS) is 11.6. The first-order valence-corrected chi connectivity index (χ1v) is 4.66. The van der Waals surface area contributed by atoms with Crippen LogP contribution in [0.4, 0.5) is 5.13 Å². The average Bonchev–Trinajstić information content (AvgIpc) is 2.51. The molecule has 0 aliphatic heterocycles. The highest BCUT2D eigenvalue weighted by Crippen LogP contribution is 2.17. The smallest absolute Gasteiger partial charge is 0.329 e. The minimum absolute atomic E-state index is 0. The standard InChI is InChI=1S/C7H11N3O2S.ClH/c1-2-12-6(11)5(8)4-3-13-7(9)10-4;/h3,5H,2,8H2,1H3,(H2,9,10);1H. The number of aromatic nitrogens is 1. The molecule has 0 spiro atoms. The third kappa shape index (κ3) is 3.13. The molecule has 0 aliphatic rings. The Hall–Kier alpha value is -0.850. The number of rotatable bonds is 3. The second-order valence-corrected chi connectivity index (χ2v) is 3.23. The molecule has 0 radical (unpaired) electrons. The number of ether oxygens (including phenoxy) is 1. The molecule has 1 atom stereocenters. The molecule has 1 unspecified atom stereocenters. The SMILES string of the molecule is CCOC(=O)C(N)c1csc(N)n1.Cl. The monoisotopic (exact) mass is 237 g/mol. The molecule has 1 aromatic rings. The van der Waals surface area contributed by atoms with Gasteiger partial charge in [-0.3, -0.25) is 0 Å². The van der Waals surface area contributed by atoms with Crippen LogP contribution in [0.3, 0.4) is 0 Å². The van der Waals surface area contributed by atoms with Gasteiger partial charge in [0.25, 0.3) is 0 Å². The maximum atomic E-state index is 11.1. The van der Waals surface area contributed by atoms with Crippen LogP contribution in [0.5, 0.6) is 0 Å². The van der Waals surface area contributed by atoms with E-state index in [1.54, 1.807) is 12.3 Å². The Kier molecular flexibility index (Phi) is 5.44. The average molecular weight is 238 g/mol. The van der Waals surface area contributed by atoms with Gasteiger partial charge < -0.3 is 16.2 Å². The van der Waals surface area contributed by atoms with Crippen LogP contribution in [-0.2, 0) is 9.53 Å². The number of esters is 1. The molecular weight excluding hydrogens is 226 g/mol. The van der Waals surface area contributed by atoms with E-state index in [1.165, 1.54) is 11.3 Å². The van der Waals surface area contributed by atoms with E-state index in [0.29, 0.717) is 17.4 Å². The number of nitrogens with zero attached hydrogens (tertiary/aromatic N) is 1. The molecule has 5 nitrogen and oxygen atoms in total. The van der Waals surface area contributed by atoms with Crippen molar-refractivity contribution in [3.8, 4) is 0 Å². The fraction of sp³-hybridized carbons (Fsp3) is 0.429. The van der Waals surface area contributed by atoms with E-state index in [4.69, 9.17) is 16.2 Å². The first-order valence-electron chi connectivity index (χ1n) is 3.78. The van der Waals surface area contributed by atoms with Crippen LogP contribution in [0.15, 0.2) is 5.38 Å². The van der Waals surface area contributed by atoms with Gasteiger partial charge >= 0.3 is 5.97 Å². The molecule has 1 heterocycles. The van der Waals surface area contributed by atoms with Crippen LogP contribution in [0.25, 0.3) is 0 Å². The number of nitrogens with two attached hydrogens (primary N) is 2. The van der Waals surface area contributed by atoms with Gasteiger partial charge in [-0.15, -0.1) is 23.7 Å². The van der Waals surface area contributed by atoms with Gasteiger partial charge in [0.05, 0.1) is 12.3 Å². The summed E-state index contributed by atoms with van der Waals surface area (Å²) in [5, 5.41) is 2.05. The van der Waals surface area contributed by atoms with Crippen molar-refractivity contribution in [3.63, 3.8) is 0 Å². The third-order valence-electron chi connectivity index (χ3n) is 1.40. The molecule has 0 bridgehead atoms. The van der Waals surface area contributed by atoms with E-state index in [9.17, 15) is 4.79 Å². The van der Waals surface area contributed by atoms with Crippen molar-refractivity contribution in [1.82, 2.24) is 4.98 Å². The lowest BCUT2D eigenvalue weighted by Gasteiger charge is -2.06. The fourth-order valence-corrected chi connectivity index (χ4v) is 1.40. The van der Waals surface area contributed by atoms with Crippen LogP contribution in [-0.4, -0.2) is 17.6 Å². The molecule has 1 aromatic heterocycles. The van der Waals surface area contributed by atoms with Crippen molar-refractivity contribution in [2.75, 3.05) is 12.3 Å². The maximum absolute atomic E-state index is 11.1. The number of carbonyl (C=O) groups is 1. The molecule has 1 rings (SSSR count). The predicted octanol–water partition coefficient (Wildman–Crippen LogP) is 0.710. The zero-order chi connectivity index (χ0) is 9.84. The second-order valence-electron chi connectivity index (χ2n) is 2.34. The van der Waals surface area contributed by atoms with Gasteiger partial charge in [0, 0.05) is 5.38 Å². The molecule has 4 N–H and O–H groups in total. The Morgan fingerprint density at radius 3 is 2.86 bits per heavy atom. The maximum Gasteiger partial charge on any atom is 0.329 e. The number of hydrogen-bond donors (Lipinski definition) is 2. The van der Waals surface area contributed by atoms with Crippen molar-refractivity contribution in [2.45, 2.75) is 13.0 Å². The number of carbonyl (C=O) groups excluding carboxylic acids is 1. The molecule has 0 fully saturated rings. The van der Waals surface area contributed by atoms with Crippen molar-refractivity contribution in [3.05, 3.63) is 11.1 Å². The van der Waals surface area contributed by atoms with E-state index >= 15 is 0 Å². The number of anilines is 1. The summed E-state index contributed by atoms with van der Waals surface area (Å²) < 4.78 is 4.73. The van der Waals surface area contributed by atoms with E-state index in [2.05, 4.69) is 4.98 Å². The van der Waals surface area contributed by atoms with E-state index < -0.39 is 12.0 Å². The highest BCUT2D eigenvalue weighted by Gasteiger charge is 2.19. The summed E-state index contributed by atoms with van der Waals surface area (Å²) in [6.45, 7) is 2.03. The summed E-state index contributed by atoms with van der Waals surface area (Å²) in [6, 6.07) is -0.825. The molecule has 0 aromatic carbocycles. The summed E-state index contributed by atoms with van der Waals surface area (Å²) in [7, 11) is 0. The summed E-state index contributed by atoms with van der Waals surface area (Å²) in [4.78, 5) is 15.0. The van der Waals surface area contributed by atoms with Crippen molar-refractivity contribution in [1.29, 1.82) is 0 Å². The molecule has 80 valence electrons. The largest absolute Gasteiger partial charge is 0.465 e. The Morgan fingerprint density at radius 1 is 1.79 bits per heavy atom. The van der Waals surface area contributed by atoms with E-state index in [1.807, 2.05) is 0 Å². The van der Waals surface area contributed by atoms with Crippen LogP contribution in [0.1, 0.15) is 18.7 Å². The van der Waals surface area contributed by atoms with Gasteiger partial charge in [-0.2, -0.15) is 0 Å². The lowest BCUT2D eigenvalue weighted by Crippen LogP contribution is -2.24. The van der Waals surface area contributed by atoms with Crippen LogP contribution >= 0.6 is 23.7 Å². The molecule has 0 saturated heterocycles. The Bertz CT molecular complexity index is 305. The first kappa shape index (κ1) is 13.2. The minimum Gasteiger partial charge on any atom is -0.465 e. The topological polar surface area (TPSA) is 91.2 Å². The molecule has 0 aliphatic carbocycles. The van der Waals surface area contributed by atoms with Gasteiger partial charge in [0.1, 0.15) is 6.04 Å². The number of nitrogen functional groups attached to an aromatic ring is 1. The van der Waals surface area contributed by atoms with Crippen molar-refractivity contribution < 1.29 is 9.53 Å². The predicted molar refractivity (Wildman–Crippen MR) is 57.3 cm³/mol. The highest BCUT2D eigenvalue weighted by atomic mass is 35.5. The van der Waals surface area contributed by atoms with Crippen LogP contribution in [0.2, 0.25) is 0 Å². The molecular formula is C7H12ClN3O2S. The lowest BCUT2D eigenvalue weighted by atomic mass is 10.2. The summed E-state index contributed by atoms with van der Waals surface area (Å²) in [5.74, 6) is -0.479. The Balaban J connectivity index is 0.00000169. The molecule has 7 heteroatoms. The zero-order valence-corrected chi connectivity index (χ0v) is 9.23. The van der Waals surface area contributed by atoms with Crippen molar-refractivity contribution >= 4 is 34.8 Å². The quantitative estimate of drug-likeness (QED) is 0.756. The Morgan fingerprint density at radius 2 is 2.43 bits per heavy atom. The van der Waals surface area contributed by atoms with Gasteiger partial charge in [-0.1, -0.05) is 0 Å². The molecule has 0 amide bonds. The number of halogens is 1. The summed E-state index contributed by atoms with van der Waals surface area (Å²) in [5.41, 5.74) is 11.4. The van der Waals surface area contributed by atoms with E-state index in [-0.39, 0.29) is 12.4 Å². The fourth-order valence-electron chi connectivity index (χ4n) is 0.796. The molecule has 0 saturated carbocycles. The second kappa shape index (κ2) is 5.79. The number of thiazole rings is 1. The summed E-state index contributed by atoms with van der Waals surface area (Å²) in [6.07, 6.45) is 0. The first-order chi connectivity index (χ1) is 6.15. The Labute approximate surface area is 91.9 Å². The highest BCUT2D eigenvalue weighted by molar-refractivity contribution is 7.13. The van der Waals surface area contributed by atoms with Crippen molar-refractivity contribution in [2.24, 2.45) is 5.73 Å². The van der Waals surface area contributed by atoms with Gasteiger partial charge in [0.15, 0.2) is 5.13 Å². The van der Waals surface area contributed by atoms with Gasteiger partial charge in [-0.25, -0.2) is 9.78 Å². The van der Waals surface area contributed by atoms with Gasteiger partial charge in [-0.05, 0) is 6.92 Å². The van der Waals surface area contributed by atoms with Crippen LogP contribution in [0, 0.1) is 0 Å². The van der Waals surface area contributed by atoms with Gasteiger partial charge in [0.2, 0.25) is 0 Å².